The first-order chi connectivity index (χ1) is 13.0. The summed E-state index contributed by atoms with van der Waals surface area (Å²) in [5.74, 6) is 0.0315. The van der Waals surface area contributed by atoms with Crippen LogP contribution in [0.3, 0.4) is 0 Å². The minimum atomic E-state index is -0.592. The van der Waals surface area contributed by atoms with Crippen molar-refractivity contribution in [3.63, 3.8) is 0 Å². The highest BCUT2D eigenvalue weighted by Gasteiger charge is 2.50. The number of nitrogens with zero attached hydrogens (tertiary/aromatic N) is 3. The number of carbonyl (C=O) groups excluding carboxylic acids is 2. The highest BCUT2D eigenvalue weighted by Crippen LogP contribution is 2.42. The molecule has 1 aromatic heterocycles. The van der Waals surface area contributed by atoms with Crippen molar-refractivity contribution in [1.82, 2.24) is 19.4 Å². The largest absolute Gasteiger partial charge is 0.340 e. The van der Waals surface area contributed by atoms with Crippen molar-refractivity contribution in [1.29, 1.82) is 0 Å². The average Bonchev–Trinajstić information content (AvgIpc) is 3.31. The van der Waals surface area contributed by atoms with Gasteiger partial charge in [-0.3, -0.25) is 23.9 Å². The molecule has 2 saturated heterocycles. The molecule has 3 fully saturated rings. The third-order valence-electron chi connectivity index (χ3n) is 6.44. The van der Waals surface area contributed by atoms with Gasteiger partial charge in [0.1, 0.15) is 6.54 Å². The molecule has 1 spiro atoms. The zero-order chi connectivity index (χ0) is 19.0. The molecule has 8 nitrogen and oxygen atoms in total. The Morgan fingerprint density at radius 2 is 1.89 bits per heavy atom. The molecule has 1 atom stereocenters. The summed E-state index contributed by atoms with van der Waals surface area (Å²) in [7, 11) is 0. The van der Waals surface area contributed by atoms with Crippen LogP contribution in [0.15, 0.2) is 21.9 Å². The summed E-state index contributed by atoms with van der Waals surface area (Å²) in [6, 6.07) is 1.60. The first kappa shape index (κ1) is 18.0. The number of carbonyl (C=O) groups is 2. The number of H-pyrrole nitrogens is 1. The van der Waals surface area contributed by atoms with Crippen molar-refractivity contribution in [3.8, 4) is 0 Å². The van der Waals surface area contributed by atoms with Crippen LogP contribution in [0.1, 0.15) is 44.9 Å². The van der Waals surface area contributed by atoms with Gasteiger partial charge in [0, 0.05) is 37.9 Å². The van der Waals surface area contributed by atoms with E-state index < -0.39 is 16.7 Å². The molecule has 1 N–H and O–H groups in total. The second-order valence-electron chi connectivity index (χ2n) is 8.12. The molecule has 146 valence electrons. The first-order valence-electron chi connectivity index (χ1n) is 9.87. The Labute approximate surface area is 157 Å². The Morgan fingerprint density at radius 1 is 1.11 bits per heavy atom. The molecule has 1 aromatic rings. The number of likely N-dealkylation sites (tertiary alicyclic amines) is 2. The molecule has 1 aliphatic carbocycles. The van der Waals surface area contributed by atoms with E-state index in [9.17, 15) is 19.2 Å². The molecular weight excluding hydrogens is 348 g/mol. The van der Waals surface area contributed by atoms with Crippen LogP contribution in [0, 0.1) is 5.41 Å². The fourth-order valence-corrected chi connectivity index (χ4v) is 4.94. The third kappa shape index (κ3) is 3.33. The molecule has 3 aliphatic rings. The van der Waals surface area contributed by atoms with Gasteiger partial charge in [0.25, 0.3) is 5.56 Å². The van der Waals surface area contributed by atoms with Gasteiger partial charge >= 0.3 is 5.69 Å². The fraction of sp³-hybridized carbons (Fsp3) is 0.684. The summed E-state index contributed by atoms with van der Waals surface area (Å²) in [4.78, 5) is 54.8. The van der Waals surface area contributed by atoms with E-state index in [4.69, 9.17) is 0 Å². The lowest BCUT2D eigenvalue weighted by Gasteiger charge is -2.42. The van der Waals surface area contributed by atoms with Crippen LogP contribution in [0.2, 0.25) is 0 Å². The number of piperidine rings is 1. The van der Waals surface area contributed by atoms with E-state index in [1.807, 2.05) is 0 Å². The molecule has 2 aliphatic heterocycles. The molecule has 4 rings (SSSR count). The summed E-state index contributed by atoms with van der Waals surface area (Å²) in [5.41, 5.74) is -1.53. The topological polar surface area (TPSA) is 95.5 Å². The van der Waals surface area contributed by atoms with E-state index in [2.05, 4.69) is 9.88 Å². The van der Waals surface area contributed by atoms with Gasteiger partial charge in [0.2, 0.25) is 11.8 Å². The molecule has 0 aromatic carbocycles. The van der Waals surface area contributed by atoms with Crippen molar-refractivity contribution in [2.75, 3.05) is 19.6 Å². The smallest absolute Gasteiger partial charge is 0.328 e. The molecule has 2 amide bonds. The quantitative estimate of drug-likeness (QED) is 0.824. The predicted molar refractivity (Wildman–Crippen MR) is 98.2 cm³/mol. The van der Waals surface area contributed by atoms with Crippen LogP contribution in [0.4, 0.5) is 0 Å². The van der Waals surface area contributed by atoms with Crippen molar-refractivity contribution < 1.29 is 9.59 Å². The van der Waals surface area contributed by atoms with Gasteiger partial charge in [0.05, 0.1) is 5.41 Å². The maximum Gasteiger partial charge on any atom is 0.328 e. The zero-order valence-corrected chi connectivity index (χ0v) is 15.5. The van der Waals surface area contributed by atoms with E-state index in [0.29, 0.717) is 25.6 Å². The Kier molecular flexibility index (Phi) is 4.65. The Hall–Kier alpha value is -2.38. The van der Waals surface area contributed by atoms with Crippen LogP contribution in [-0.4, -0.2) is 56.8 Å². The lowest BCUT2D eigenvalue weighted by molar-refractivity contribution is -0.148. The van der Waals surface area contributed by atoms with Gasteiger partial charge in [-0.25, -0.2) is 4.79 Å². The van der Waals surface area contributed by atoms with Gasteiger partial charge in [-0.1, -0.05) is 12.8 Å². The summed E-state index contributed by atoms with van der Waals surface area (Å²) < 4.78 is 1.20. The molecule has 8 heteroatoms. The molecule has 0 bridgehead atoms. The van der Waals surface area contributed by atoms with E-state index >= 15 is 0 Å². The number of nitrogens with one attached hydrogen (secondary N) is 1. The minimum absolute atomic E-state index is 0.119. The number of hydrogen-bond acceptors (Lipinski definition) is 4. The van der Waals surface area contributed by atoms with Crippen LogP contribution >= 0.6 is 0 Å². The standard InChI is InChI=1S/C19H26N4O4/c24-15-6-10-21(18(27)20-15)12-16(25)22-11-8-19(13-22)7-3-9-23(17(19)26)14-4-1-2-5-14/h6,10,14H,1-5,7-9,11-13H2,(H,20,24,27)/t19-/m1/s1. The highest BCUT2D eigenvalue weighted by molar-refractivity contribution is 5.86. The molecular formula is C19H26N4O4. The lowest BCUT2D eigenvalue weighted by atomic mass is 9.77. The maximum absolute atomic E-state index is 13.2. The summed E-state index contributed by atoms with van der Waals surface area (Å²) >= 11 is 0. The Bertz CT molecular complexity index is 854. The molecule has 3 heterocycles. The Morgan fingerprint density at radius 3 is 2.63 bits per heavy atom. The van der Waals surface area contributed by atoms with Gasteiger partial charge < -0.3 is 9.80 Å². The van der Waals surface area contributed by atoms with Crippen LogP contribution in [-0.2, 0) is 16.1 Å². The second kappa shape index (κ2) is 6.98. The van der Waals surface area contributed by atoms with Crippen molar-refractivity contribution in [2.45, 2.75) is 57.5 Å². The number of aromatic amines is 1. The predicted octanol–water partition coefficient (Wildman–Crippen LogP) is 0.320. The van der Waals surface area contributed by atoms with E-state index in [1.165, 1.54) is 29.7 Å². The number of rotatable bonds is 3. The highest BCUT2D eigenvalue weighted by atomic mass is 16.2. The monoisotopic (exact) mass is 374 g/mol. The second-order valence-corrected chi connectivity index (χ2v) is 8.12. The van der Waals surface area contributed by atoms with E-state index in [-0.39, 0.29) is 18.4 Å². The molecule has 0 unspecified atom stereocenters. The zero-order valence-electron chi connectivity index (χ0n) is 15.5. The first-order valence-corrected chi connectivity index (χ1v) is 9.87. The van der Waals surface area contributed by atoms with Gasteiger partial charge in [-0.2, -0.15) is 0 Å². The van der Waals surface area contributed by atoms with Gasteiger partial charge in [0.15, 0.2) is 0 Å². The SMILES string of the molecule is O=C(Cn1ccc(=O)[nH]c1=O)N1CC[C@]2(CCCN(C3CCCC3)C2=O)C1. The van der Waals surface area contributed by atoms with Crippen molar-refractivity contribution in [2.24, 2.45) is 5.41 Å². The molecule has 1 saturated carbocycles. The minimum Gasteiger partial charge on any atom is -0.340 e. The number of aromatic nitrogens is 2. The van der Waals surface area contributed by atoms with Crippen LogP contribution in [0.5, 0.6) is 0 Å². The lowest BCUT2D eigenvalue weighted by Crippen LogP contribution is -2.53. The normalized spacial score (nSPS) is 26.3. The Balaban J connectivity index is 1.45. The summed E-state index contributed by atoms with van der Waals surface area (Å²) in [6.45, 7) is 1.70. The average molecular weight is 374 g/mol. The summed E-state index contributed by atoms with van der Waals surface area (Å²) in [6.07, 6.45) is 8.43. The summed E-state index contributed by atoms with van der Waals surface area (Å²) in [5, 5.41) is 0. The fourth-order valence-electron chi connectivity index (χ4n) is 4.94. The van der Waals surface area contributed by atoms with Crippen LogP contribution in [0.25, 0.3) is 0 Å². The van der Waals surface area contributed by atoms with E-state index in [1.54, 1.807) is 4.90 Å². The maximum atomic E-state index is 13.2. The van der Waals surface area contributed by atoms with Crippen LogP contribution < -0.4 is 11.2 Å². The third-order valence-corrected chi connectivity index (χ3v) is 6.44. The van der Waals surface area contributed by atoms with Crippen molar-refractivity contribution in [3.05, 3.63) is 33.1 Å². The number of hydrogen-bond donors (Lipinski definition) is 1. The molecule has 0 radical (unpaired) electrons. The number of amides is 2. The molecule has 27 heavy (non-hydrogen) atoms. The van der Waals surface area contributed by atoms with E-state index in [0.717, 1.165) is 32.2 Å². The van der Waals surface area contributed by atoms with Crippen molar-refractivity contribution >= 4 is 11.8 Å². The van der Waals surface area contributed by atoms with Gasteiger partial charge in [-0.05, 0) is 32.1 Å². The van der Waals surface area contributed by atoms with Gasteiger partial charge in [-0.15, -0.1) is 0 Å².